The van der Waals surface area contributed by atoms with E-state index in [0.29, 0.717) is 0 Å². The first kappa shape index (κ1) is 13.9. The van der Waals surface area contributed by atoms with Crippen molar-refractivity contribution in [2.75, 3.05) is 0 Å². The van der Waals surface area contributed by atoms with Crippen molar-refractivity contribution in [1.82, 2.24) is 9.61 Å². The van der Waals surface area contributed by atoms with Crippen LogP contribution >= 0.6 is 0 Å². The van der Waals surface area contributed by atoms with E-state index in [4.69, 9.17) is 0 Å². The molecule has 0 bridgehead atoms. The van der Waals surface area contributed by atoms with Gasteiger partial charge in [-0.05, 0) is 33.1 Å². The van der Waals surface area contributed by atoms with Gasteiger partial charge in [-0.3, -0.25) is 4.52 Å². The number of benzene rings is 4. The maximum absolute atomic E-state index is 4.53. The summed E-state index contributed by atoms with van der Waals surface area (Å²) in [7, 11) is 0. The molecular formula is C21H11IrN2-. The molecule has 0 N–H and O–H groups in total. The molecule has 24 heavy (non-hydrogen) atoms. The molecular weight excluding hydrogens is 472 g/mol. The van der Waals surface area contributed by atoms with Crippen LogP contribution in [0.1, 0.15) is 0 Å². The van der Waals surface area contributed by atoms with Crippen LogP contribution in [0.5, 0.6) is 0 Å². The van der Waals surface area contributed by atoms with E-state index in [1.165, 1.54) is 37.7 Å². The number of hydrogen-bond acceptors (Lipinski definition) is 1. The molecule has 0 aliphatic carbocycles. The second-order valence-corrected chi connectivity index (χ2v) is 6.02. The molecule has 0 spiro atoms. The number of hydrogen-bond donors (Lipinski definition) is 0. The molecule has 0 saturated heterocycles. The van der Waals surface area contributed by atoms with E-state index < -0.39 is 0 Å². The number of aromatic nitrogens is 2. The predicted octanol–water partition coefficient (Wildman–Crippen LogP) is 5.18. The molecule has 4 aromatic carbocycles. The van der Waals surface area contributed by atoms with Crippen LogP contribution < -0.4 is 0 Å². The van der Waals surface area contributed by atoms with Crippen molar-refractivity contribution in [3.8, 4) is 0 Å². The number of pyridine rings is 1. The minimum atomic E-state index is 0. The molecule has 2 nitrogen and oxygen atoms in total. The molecule has 0 aliphatic rings. The van der Waals surface area contributed by atoms with Crippen LogP contribution in [-0.4, -0.2) is 9.61 Å². The van der Waals surface area contributed by atoms with Gasteiger partial charge in [-0.2, -0.15) is 23.3 Å². The van der Waals surface area contributed by atoms with Gasteiger partial charge >= 0.3 is 0 Å². The van der Waals surface area contributed by atoms with Gasteiger partial charge in [-0.15, -0.1) is 5.39 Å². The quantitative estimate of drug-likeness (QED) is 0.165. The zero-order chi connectivity index (χ0) is 15.0. The van der Waals surface area contributed by atoms with Crippen LogP contribution in [0.4, 0.5) is 0 Å². The van der Waals surface area contributed by atoms with Crippen molar-refractivity contribution < 1.29 is 20.1 Å². The van der Waals surface area contributed by atoms with E-state index in [0.717, 1.165) is 11.0 Å². The monoisotopic (exact) mass is 484 g/mol. The van der Waals surface area contributed by atoms with Gasteiger partial charge in [-0.1, -0.05) is 53.2 Å². The fraction of sp³-hybridized carbons (Fsp3) is 0. The van der Waals surface area contributed by atoms with Gasteiger partial charge in [0.05, 0.1) is 5.52 Å². The van der Waals surface area contributed by atoms with Gasteiger partial charge < -0.3 is 0 Å². The molecule has 0 aliphatic heterocycles. The van der Waals surface area contributed by atoms with Gasteiger partial charge in [0, 0.05) is 26.3 Å². The largest absolute Gasteiger partial charge is 0.257 e. The second kappa shape index (κ2) is 4.76. The zero-order valence-corrected chi connectivity index (χ0v) is 15.0. The molecule has 0 unspecified atom stereocenters. The molecule has 6 aromatic rings. The topological polar surface area (TPSA) is 17.3 Å². The predicted molar refractivity (Wildman–Crippen MR) is 95.2 cm³/mol. The molecule has 6 rings (SSSR count). The Morgan fingerprint density at radius 1 is 0.708 bits per heavy atom. The first-order chi connectivity index (χ1) is 11.4. The smallest absolute Gasteiger partial charge is 0.0711 e. The van der Waals surface area contributed by atoms with Crippen molar-refractivity contribution >= 4 is 48.7 Å². The van der Waals surface area contributed by atoms with E-state index in [2.05, 4.69) is 65.8 Å². The second-order valence-electron chi connectivity index (χ2n) is 6.02. The van der Waals surface area contributed by atoms with Crippen LogP contribution in [0.2, 0.25) is 0 Å². The third-order valence-electron chi connectivity index (χ3n) is 4.93. The fourth-order valence-electron chi connectivity index (χ4n) is 4.03. The Labute approximate surface area is 151 Å². The van der Waals surface area contributed by atoms with Crippen molar-refractivity contribution in [2.24, 2.45) is 0 Å². The van der Waals surface area contributed by atoms with Crippen molar-refractivity contribution in [1.29, 1.82) is 0 Å². The summed E-state index contributed by atoms with van der Waals surface area (Å²) in [5, 5.41) is 13.5. The molecule has 1 radical (unpaired) electrons. The Kier molecular flexibility index (Phi) is 2.76. The number of rotatable bonds is 0. The Balaban J connectivity index is 0.00000131. The van der Waals surface area contributed by atoms with Gasteiger partial charge in [0.1, 0.15) is 0 Å². The Morgan fingerprint density at radius 3 is 2.25 bits per heavy atom. The molecule has 0 saturated carbocycles. The maximum atomic E-state index is 4.53. The standard InChI is InChI=1S/C21H11N2.Ir/c1-2-6-14-13(5-1)15-7-3-9-17-18-11-12-22-23(18)19-10-4-8-16(14)21(19)20(15)17;/h1-9,11-12H;/q-1;. The SMILES string of the molecule is [Ir].[c-]1ccc2c3ccccc3c3cccc4c3c2c1n1nccc41. The van der Waals surface area contributed by atoms with Gasteiger partial charge in [0.2, 0.25) is 0 Å². The summed E-state index contributed by atoms with van der Waals surface area (Å²) in [6, 6.07) is 24.9. The van der Waals surface area contributed by atoms with E-state index >= 15 is 0 Å². The van der Waals surface area contributed by atoms with Gasteiger partial charge in [-0.25, -0.2) is 0 Å². The molecule has 0 fully saturated rings. The Hall–Kier alpha value is -2.48. The normalized spacial score (nSPS) is 11.8. The van der Waals surface area contributed by atoms with E-state index in [-0.39, 0.29) is 20.1 Å². The van der Waals surface area contributed by atoms with Crippen molar-refractivity contribution in [3.63, 3.8) is 0 Å². The van der Waals surface area contributed by atoms with Crippen LogP contribution in [0, 0.1) is 6.07 Å². The average Bonchev–Trinajstić information content (AvgIpc) is 3.11. The third kappa shape index (κ3) is 1.51. The summed E-state index contributed by atoms with van der Waals surface area (Å²) in [5.41, 5.74) is 2.19. The Morgan fingerprint density at radius 2 is 1.42 bits per heavy atom. The van der Waals surface area contributed by atoms with Crippen LogP contribution in [0.15, 0.2) is 66.9 Å². The van der Waals surface area contributed by atoms with Crippen molar-refractivity contribution in [3.05, 3.63) is 72.9 Å². The van der Waals surface area contributed by atoms with Gasteiger partial charge in [0.15, 0.2) is 0 Å². The molecule has 2 aromatic heterocycles. The van der Waals surface area contributed by atoms with Crippen LogP contribution in [0.25, 0.3) is 48.7 Å². The number of nitrogens with zero attached hydrogens (tertiary/aromatic N) is 2. The summed E-state index contributed by atoms with van der Waals surface area (Å²) in [5.74, 6) is 0. The average molecular weight is 484 g/mol. The molecule has 0 atom stereocenters. The van der Waals surface area contributed by atoms with E-state index in [1.54, 1.807) is 0 Å². The Bertz CT molecular complexity index is 1260. The molecule has 0 amide bonds. The summed E-state index contributed by atoms with van der Waals surface area (Å²) < 4.78 is 2.01. The van der Waals surface area contributed by atoms with Crippen LogP contribution in [0.3, 0.4) is 0 Å². The van der Waals surface area contributed by atoms with E-state index in [9.17, 15) is 0 Å². The minimum absolute atomic E-state index is 0. The van der Waals surface area contributed by atoms with Gasteiger partial charge in [0.25, 0.3) is 0 Å². The zero-order valence-electron chi connectivity index (χ0n) is 12.6. The number of fused-ring (bicyclic) bond motifs is 6. The summed E-state index contributed by atoms with van der Waals surface area (Å²) in [4.78, 5) is 0. The van der Waals surface area contributed by atoms with Crippen molar-refractivity contribution in [2.45, 2.75) is 0 Å². The fourth-order valence-corrected chi connectivity index (χ4v) is 4.03. The summed E-state index contributed by atoms with van der Waals surface area (Å²) >= 11 is 0. The van der Waals surface area contributed by atoms with E-state index in [1.807, 2.05) is 16.8 Å². The first-order valence-corrected chi connectivity index (χ1v) is 7.76. The molecule has 3 heteroatoms. The summed E-state index contributed by atoms with van der Waals surface area (Å²) in [6.07, 6.45) is 1.87. The summed E-state index contributed by atoms with van der Waals surface area (Å²) in [6.45, 7) is 0. The molecule has 2 heterocycles. The minimum Gasteiger partial charge on any atom is -0.257 e. The maximum Gasteiger partial charge on any atom is 0.0711 e. The first-order valence-electron chi connectivity index (χ1n) is 7.76. The molecule has 115 valence electrons. The van der Waals surface area contributed by atoms with Crippen LogP contribution in [-0.2, 0) is 20.1 Å². The third-order valence-corrected chi connectivity index (χ3v) is 4.93.